The van der Waals surface area contributed by atoms with Crippen molar-refractivity contribution in [1.82, 2.24) is 10.9 Å². The van der Waals surface area contributed by atoms with Gasteiger partial charge in [0, 0.05) is 18.4 Å². The van der Waals surface area contributed by atoms with Gasteiger partial charge in [-0.05, 0) is 59.0 Å². The van der Waals surface area contributed by atoms with Crippen LogP contribution in [0.4, 0.5) is 0 Å². The maximum atomic E-state index is 12.1. The molecule has 0 heterocycles. The number of hydrazine groups is 1. The first-order valence-corrected chi connectivity index (χ1v) is 10.4. The number of carbonyl (C=O) groups is 3. The first-order chi connectivity index (χ1) is 14.5. The highest BCUT2D eigenvalue weighted by molar-refractivity contribution is 9.10. The number of carbonyl (C=O) groups excluding carboxylic acids is 3. The molecule has 2 rings (SSSR count). The highest BCUT2D eigenvalue weighted by Gasteiger charge is 2.11. The van der Waals surface area contributed by atoms with E-state index in [1.807, 2.05) is 30.3 Å². The molecule has 2 aromatic rings. The minimum Gasteiger partial charge on any atom is -0.496 e. The summed E-state index contributed by atoms with van der Waals surface area (Å²) in [5.41, 5.74) is 6.24. The van der Waals surface area contributed by atoms with Crippen molar-refractivity contribution in [1.29, 1.82) is 0 Å². The molecular weight excluding hydrogens is 452 g/mol. The molecule has 0 aliphatic heterocycles. The van der Waals surface area contributed by atoms with E-state index in [1.165, 1.54) is 12.7 Å². The van der Waals surface area contributed by atoms with Gasteiger partial charge in [0.25, 0.3) is 5.91 Å². The van der Waals surface area contributed by atoms with Crippen molar-refractivity contribution in [3.8, 4) is 5.75 Å². The zero-order valence-corrected chi connectivity index (χ0v) is 18.4. The van der Waals surface area contributed by atoms with Crippen LogP contribution in [0.15, 0.2) is 53.0 Å². The molecule has 0 aromatic heterocycles. The first kappa shape index (κ1) is 23.4. The van der Waals surface area contributed by atoms with Crippen LogP contribution in [-0.2, 0) is 20.7 Å². The van der Waals surface area contributed by atoms with Crippen LogP contribution >= 0.6 is 15.9 Å². The maximum absolute atomic E-state index is 12.1. The van der Waals surface area contributed by atoms with Gasteiger partial charge in [0.05, 0.1) is 18.2 Å². The van der Waals surface area contributed by atoms with Crippen molar-refractivity contribution in [2.75, 3.05) is 13.7 Å². The second-order valence-electron chi connectivity index (χ2n) is 6.51. The van der Waals surface area contributed by atoms with Gasteiger partial charge in [-0.2, -0.15) is 0 Å². The van der Waals surface area contributed by atoms with Crippen molar-refractivity contribution in [3.05, 3.63) is 64.1 Å². The molecule has 2 aromatic carbocycles. The molecule has 7 nitrogen and oxygen atoms in total. The van der Waals surface area contributed by atoms with Crippen LogP contribution in [0.25, 0.3) is 0 Å². The molecule has 0 bridgehead atoms. The van der Waals surface area contributed by atoms with E-state index >= 15 is 0 Å². The normalized spacial score (nSPS) is 10.2. The molecule has 0 atom stereocenters. The fourth-order valence-corrected chi connectivity index (χ4v) is 3.18. The molecule has 2 amide bonds. The Morgan fingerprint density at radius 1 is 0.967 bits per heavy atom. The predicted octanol–water partition coefficient (Wildman–Crippen LogP) is 3.57. The Kier molecular flexibility index (Phi) is 9.86. The van der Waals surface area contributed by atoms with Gasteiger partial charge >= 0.3 is 5.97 Å². The Labute approximate surface area is 184 Å². The summed E-state index contributed by atoms with van der Waals surface area (Å²) in [5, 5.41) is 0. The van der Waals surface area contributed by atoms with Crippen molar-refractivity contribution < 1.29 is 23.9 Å². The van der Waals surface area contributed by atoms with Gasteiger partial charge in [-0.3, -0.25) is 25.2 Å². The number of hydrogen-bond donors (Lipinski definition) is 2. The largest absolute Gasteiger partial charge is 0.496 e. The van der Waals surface area contributed by atoms with Crippen LogP contribution in [0.1, 0.15) is 41.6 Å². The first-order valence-electron chi connectivity index (χ1n) is 9.62. The average molecular weight is 477 g/mol. The standard InChI is InChI=1S/C22H25BrN2O5/c1-29-19-13-12-17(15-18(19)23)22(28)25-24-20(26)10-5-11-21(27)30-14-6-9-16-7-3-2-4-8-16/h2-4,7-8,12-13,15H,5-6,9-11,14H2,1H3,(H,24,26)(H,25,28). The Balaban J connectivity index is 1.57. The van der Waals surface area contributed by atoms with Gasteiger partial charge < -0.3 is 9.47 Å². The zero-order valence-electron chi connectivity index (χ0n) is 16.8. The average Bonchev–Trinajstić information content (AvgIpc) is 2.75. The number of methoxy groups -OCH3 is 1. The fraction of sp³-hybridized carbons (Fsp3) is 0.318. The van der Waals surface area contributed by atoms with E-state index in [-0.39, 0.29) is 24.7 Å². The highest BCUT2D eigenvalue weighted by Crippen LogP contribution is 2.25. The lowest BCUT2D eigenvalue weighted by Gasteiger charge is -2.09. The number of amides is 2. The van der Waals surface area contributed by atoms with Gasteiger partial charge in [0.2, 0.25) is 5.91 Å². The van der Waals surface area contributed by atoms with Crippen LogP contribution < -0.4 is 15.6 Å². The van der Waals surface area contributed by atoms with Gasteiger partial charge in [0.15, 0.2) is 0 Å². The summed E-state index contributed by atoms with van der Waals surface area (Å²) < 4.78 is 10.9. The lowest BCUT2D eigenvalue weighted by atomic mass is 10.1. The predicted molar refractivity (Wildman–Crippen MR) is 116 cm³/mol. The van der Waals surface area contributed by atoms with Crippen LogP contribution in [0.2, 0.25) is 0 Å². The summed E-state index contributed by atoms with van der Waals surface area (Å²) in [7, 11) is 1.53. The number of halogens is 1. The quantitative estimate of drug-likeness (QED) is 0.310. The molecule has 160 valence electrons. The summed E-state index contributed by atoms with van der Waals surface area (Å²) in [5.74, 6) is -0.567. The van der Waals surface area contributed by atoms with Crippen molar-refractivity contribution in [3.63, 3.8) is 0 Å². The molecule has 0 radical (unpaired) electrons. The molecule has 0 unspecified atom stereocenters. The topological polar surface area (TPSA) is 93.7 Å². The SMILES string of the molecule is COc1ccc(C(=O)NNC(=O)CCCC(=O)OCCCc2ccccc2)cc1Br. The lowest BCUT2D eigenvalue weighted by Crippen LogP contribution is -2.41. The molecule has 0 saturated carbocycles. The lowest BCUT2D eigenvalue weighted by molar-refractivity contribution is -0.143. The number of hydrogen-bond acceptors (Lipinski definition) is 5. The second-order valence-corrected chi connectivity index (χ2v) is 7.37. The van der Waals surface area contributed by atoms with Gasteiger partial charge in [-0.15, -0.1) is 0 Å². The highest BCUT2D eigenvalue weighted by atomic mass is 79.9. The monoisotopic (exact) mass is 476 g/mol. The van der Waals surface area contributed by atoms with Crippen LogP contribution in [0, 0.1) is 0 Å². The summed E-state index contributed by atoms with van der Waals surface area (Å²) >= 11 is 3.30. The van der Waals surface area contributed by atoms with Crippen LogP contribution in [0.5, 0.6) is 5.75 Å². The maximum Gasteiger partial charge on any atom is 0.305 e. The van der Waals surface area contributed by atoms with E-state index in [4.69, 9.17) is 9.47 Å². The molecule has 2 N–H and O–H groups in total. The third-order valence-electron chi connectivity index (χ3n) is 4.23. The van der Waals surface area contributed by atoms with E-state index in [2.05, 4.69) is 26.8 Å². The van der Waals surface area contributed by atoms with Crippen molar-refractivity contribution >= 4 is 33.7 Å². The van der Waals surface area contributed by atoms with E-state index in [9.17, 15) is 14.4 Å². The van der Waals surface area contributed by atoms with Crippen molar-refractivity contribution in [2.24, 2.45) is 0 Å². The summed E-state index contributed by atoms with van der Waals surface area (Å²) in [6.07, 6.45) is 2.20. The van der Waals surface area contributed by atoms with E-state index in [0.717, 1.165) is 12.8 Å². The third-order valence-corrected chi connectivity index (χ3v) is 4.85. The molecule has 0 fully saturated rings. The molecular formula is C22H25BrN2O5. The number of ether oxygens (including phenoxy) is 2. The van der Waals surface area contributed by atoms with Crippen molar-refractivity contribution in [2.45, 2.75) is 32.1 Å². The smallest absolute Gasteiger partial charge is 0.305 e. The molecule has 0 saturated heterocycles. The minimum absolute atomic E-state index is 0.103. The number of rotatable bonds is 10. The number of esters is 1. The van der Waals surface area contributed by atoms with Gasteiger partial charge in [-0.25, -0.2) is 0 Å². The Hall–Kier alpha value is -2.87. The second kappa shape index (κ2) is 12.6. The van der Waals surface area contributed by atoms with Gasteiger partial charge in [0.1, 0.15) is 5.75 Å². The summed E-state index contributed by atoms with van der Waals surface area (Å²) in [4.78, 5) is 35.6. The summed E-state index contributed by atoms with van der Waals surface area (Å²) in [6, 6.07) is 14.8. The third kappa shape index (κ3) is 8.24. The molecule has 0 aliphatic carbocycles. The van der Waals surface area contributed by atoms with Crippen LogP contribution in [-0.4, -0.2) is 31.5 Å². The van der Waals surface area contributed by atoms with Crippen LogP contribution in [0.3, 0.4) is 0 Å². The van der Waals surface area contributed by atoms with E-state index in [1.54, 1.807) is 18.2 Å². The molecule has 30 heavy (non-hydrogen) atoms. The van der Waals surface area contributed by atoms with E-state index in [0.29, 0.717) is 28.8 Å². The number of nitrogens with one attached hydrogen (secondary N) is 2. The Morgan fingerprint density at radius 2 is 1.73 bits per heavy atom. The minimum atomic E-state index is -0.454. The molecule has 8 heteroatoms. The number of benzene rings is 2. The fourth-order valence-electron chi connectivity index (χ4n) is 2.64. The molecule has 0 spiro atoms. The zero-order chi connectivity index (χ0) is 21.8. The molecule has 0 aliphatic rings. The van der Waals surface area contributed by atoms with E-state index < -0.39 is 5.91 Å². The Bertz CT molecular complexity index is 858. The van der Waals surface area contributed by atoms with Gasteiger partial charge in [-0.1, -0.05) is 30.3 Å². The number of aryl methyl sites for hydroxylation is 1. The summed E-state index contributed by atoms with van der Waals surface area (Å²) in [6.45, 7) is 0.355. The Morgan fingerprint density at radius 3 is 2.43 bits per heavy atom.